The van der Waals surface area contributed by atoms with Gasteiger partial charge in [-0.1, -0.05) is 24.3 Å². The first-order chi connectivity index (χ1) is 12.7. The summed E-state index contributed by atoms with van der Waals surface area (Å²) in [4.78, 5) is 13.6. The van der Waals surface area contributed by atoms with Gasteiger partial charge in [-0.3, -0.25) is 9.20 Å². The molecule has 0 aliphatic rings. The van der Waals surface area contributed by atoms with Crippen molar-refractivity contribution in [2.75, 3.05) is 7.11 Å². The molecule has 0 N–H and O–H groups in total. The van der Waals surface area contributed by atoms with Crippen molar-refractivity contribution < 1.29 is 4.74 Å². The summed E-state index contributed by atoms with van der Waals surface area (Å²) in [7, 11) is 1.56. The zero-order valence-electron chi connectivity index (χ0n) is 13.7. The number of hydrogen-bond acceptors (Lipinski definition) is 5. The van der Waals surface area contributed by atoms with Crippen LogP contribution in [0.1, 0.15) is 11.1 Å². The maximum Gasteiger partial charge on any atom is 0.274 e. The van der Waals surface area contributed by atoms with Crippen LogP contribution in [0.3, 0.4) is 0 Å². The van der Waals surface area contributed by atoms with Crippen LogP contribution in [0.4, 0.5) is 0 Å². The van der Waals surface area contributed by atoms with Crippen LogP contribution in [0.15, 0.2) is 53.3 Å². The van der Waals surface area contributed by atoms with E-state index in [0.717, 1.165) is 4.70 Å². The van der Waals surface area contributed by atoms with Gasteiger partial charge in [0, 0.05) is 5.56 Å². The second kappa shape index (κ2) is 6.03. The molecule has 4 rings (SSSR count). The highest BCUT2D eigenvalue weighted by Crippen LogP contribution is 2.34. The second-order valence-corrected chi connectivity index (χ2v) is 6.62. The molecular formula is C20H11N3O2S. The number of ether oxygens (including phenoxy) is 1. The highest BCUT2D eigenvalue weighted by atomic mass is 32.1. The van der Waals surface area contributed by atoms with Gasteiger partial charge >= 0.3 is 0 Å². The van der Waals surface area contributed by atoms with Crippen LogP contribution in [-0.2, 0) is 0 Å². The first kappa shape index (κ1) is 15.9. The van der Waals surface area contributed by atoms with Gasteiger partial charge < -0.3 is 4.74 Å². The van der Waals surface area contributed by atoms with Gasteiger partial charge in [-0.25, -0.2) is 0 Å². The number of aromatic nitrogens is 1. The number of nitrogens with zero attached hydrogens (tertiary/aromatic N) is 3. The van der Waals surface area contributed by atoms with Gasteiger partial charge in [0.2, 0.25) is 0 Å². The summed E-state index contributed by atoms with van der Waals surface area (Å²) in [6.07, 6.45) is 0. The van der Waals surface area contributed by atoms with E-state index >= 15 is 0 Å². The molecule has 5 nitrogen and oxygen atoms in total. The van der Waals surface area contributed by atoms with E-state index in [9.17, 15) is 15.3 Å². The Morgan fingerprint density at radius 2 is 1.69 bits per heavy atom. The Balaban J connectivity index is 2.19. The second-order valence-electron chi connectivity index (χ2n) is 5.59. The van der Waals surface area contributed by atoms with Gasteiger partial charge in [0.05, 0.1) is 22.9 Å². The van der Waals surface area contributed by atoms with Gasteiger partial charge in [-0.15, -0.1) is 11.3 Å². The first-order valence-corrected chi connectivity index (χ1v) is 8.56. The van der Waals surface area contributed by atoms with Crippen molar-refractivity contribution in [3.63, 3.8) is 0 Å². The molecule has 0 atom stereocenters. The molecule has 0 fully saturated rings. The summed E-state index contributed by atoms with van der Waals surface area (Å²) >= 11 is 1.37. The number of para-hydroxylation sites is 1. The molecule has 0 radical (unpaired) electrons. The lowest BCUT2D eigenvalue weighted by molar-refractivity contribution is 0.415. The van der Waals surface area contributed by atoms with Crippen molar-refractivity contribution in [3.8, 4) is 29.0 Å². The number of methoxy groups -OCH3 is 1. The van der Waals surface area contributed by atoms with E-state index < -0.39 is 5.56 Å². The lowest BCUT2D eigenvalue weighted by Crippen LogP contribution is -2.18. The molecule has 2 aromatic carbocycles. The number of fused-ring (bicyclic) bond motifs is 3. The van der Waals surface area contributed by atoms with Crippen LogP contribution in [0.5, 0.6) is 5.75 Å². The first-order valence-electron chi connectivity index (χ1n) is 7.74. The molecule has 0 amide bonds. The highest BCUT2D eigenvalue weighted by molar-refractivity contribution is 7.24. The van der Waals surface area contributed by atoms with E-state index in [1.54, 1.807) is 31.4 Å². The number of thiazole rings is 1. The Hall–Kier alpha value is -3.61. The molecule has 0 saturated carbocycles. The number of benzene rings is 2. The number of hydrogen-bond donors (Lipinski definition) is 0. The molecule has 0 aliphatic carbocycles. The average Bonchev–Trinajstić information content (AvgIpc) is 3.07. The van der Waals surface area contributed by atoms with E-state index in [4.69, 9.17) is 4.74 Å². The molecule has 0 bridgehead atoms. The molecule has 6 heteroatoms. The molecule has 0 unspecified atom stereocenters. The van der Waals surface area contributed by atoms with Gasteiger partial charge in [-0.2, -0.15) is 10.5 Å². The van der Waals surface area contributed by atoms with Crippen LogP contribution in [0, 0.1) is 22.7 Å². The fourth-order valence-electron chi connectivity index (χ4n) is 3.06. The van der Waals surface area contributed by atoms with Crippen molar-refractivity contribution in [2.45, 2.75) is 0 Å². The van der Waals surface area contributed by atoms with Crippen LogP contribution >= 0.6 is 11.3 Å². The molecule has 2 aromatic heterocycles. The maximum atomic E-state index is 13.0. The predicted octanol–water partition coefficient (Wildman–Crippen LogP) is 3.93. The quantitative estimate of drug-likeness (QED) is 0.544. The predicted molar refractivity (Wildman–Crippen MR) is 100 cm³/mol. The Morgan fingerprint density at radius 3 is 2.35 bits per heavy atom. The van der Waals surface area contributed by atoms with Crippen molar-refractivity contribution in [2.24, 2.45) is 0 Å². The lowest BCUT2D eigenvalue weighted by atomic mass is 9.97. The number of pyridine rings is 1. The number of nitriles is 2. The van der Waals surface area contributed by atoms with E-state index in [-0.39, 0.29) is 5.56 Å². The Morgan fingerprint density at radius 1 is 1.00 bits per heavy atom. The van der Waals surface area contributed by atoms with Crippen molar-refractivity contribution in [1.82, 2.24) is 4.40 Å². The fraction of sp³-hybridized carbons (Fsp3) is 0.0500. The normalized spacial score (nSPS) is 10.6. The third-order valence-corrected chi connectivity index (χ3v) is 5.39. The molecule has 0 spiro atoms. The minimum absolute atomic E-state index is 0.0345. The molecular weight excluding hydrogens is 346 g/mol. The van der Waals surface area contributed by atoms with Crippen LogP contribution in [-0.4, -0.2) is 11.5 Å². The van der Waals surface area contributed by atoms with Crippen LogP contribution < -0.4 is 10.3 Å². The van der Waals surface area contributed by atoms with E-state index in [0.29, 0.717) is 32.8 Å². The third-order valence-electron chi connectivity index (χ3n) is 4.25. The van der Waals surface area contributed by atoms with Gasteiger partial charge in [0.25, 0.3) is 5.56 Å². The zero-order valence-corrected chi connectivity index (χ0v) is 14.5. The summed E-state index contributed by atoms with van der Waals surface area (Å²) < 4.78 is 7.51. The molecule has 0 saturated heterocycles. The van der Waals surface area contributed by atoms with E-state index in [2.05, 4.69) is 6.07 Å². The minimum Gasteiger partial charge on any atom is -0.497 e. The van der Waals surface area contributed by atoms with E-state index in [1.165, 1.54) is 15.7 Å². The van der Waals surface area contributed by atoms with Crippen molar-refractivity contribution >= 4 is 26.4 Å². The summed E-state index contributed by atoms with van der Waals surface area (Å²) in [5, 5.41) is 19.5. The smallest absolute Gasteiger partial charge is 0.274 e. The molecule has 26 heavy (non-hydrogen) atoms. The molecule has 2 heterocycles. The molecule has 124 valence electrons. The highest BCUT2D eigenvalue weighted by Gasteiger charge is 2.22. The standard InChI is InChI=1S/C20H11N3O2S/c1-25-13-8-6-12(7-9-13)18-14(10-21)19(24)23-16-4-2-3-5-17(16)26-20(23)15(18)11-22/h2-9H,1H3. The zero-order chi connectivity index (χ0) is 18.3. The van der Waals surface area contributed by atoms with Crippen LogP contribution in [0.25, 0.3) is 26.2 Å². The minimum atomic E-state index is -0.412. The van der Waals surface area contributed by atoms with Gasteiger partial charge in [0.1, 0.15) is 28.3 Å². The van der Waals surface area contributed by atoms with Gasteiger partial charge in [0.15, 0.2) is 0 Å². The monoisotopic (exact) mass is 357 g/mol. The largest absolute Gasteiger partial charge is 0.497 e. The summed E-state index contributed by atoms with van der Waals surface area (Å²) in [5.74, 6) is 0.658. The molecule has 0 aliphatic heterocycles. The SMILES string of the molecule is COc1ccc(-c2c(C#N)c(=O)n3c(sc4ccccc43)c2C#N)cc1. The maximum absolute atomic E-state index is 13.0. The van der Waals surface area contributed by atoms with Crippen LogP contribution in [0.2, 0.25) is 0 Å². The van der Waals surface area contributed by atoms with E-state index in [1.807, 2.05) is 30.3 Å². The molecule has 4 aromatic rings. The van der Waals surface area contributed by atoms with Crippen molar-refractivity contribution in [3.05, 3.63) is 70.0 Å². The summed E-state index contributed by atoms with van der Waals surface area (Å²) in [6.45, 7) is 0. The third kappa shape index (κ3) is 2.17. The summed E-state index contributed by atoms with van der Waals surface area (Å²) in [5.41, 5.74) is 1.59. The lowest BCUT2D eigenvalue weighted by Gasteiger charge is -2.09. The topological polar surface area (TPSA) is 78.3 Å². The fourth-order valence-corrected chi connectivity index (χ4v) is 4.20. The number of rotatable bonds is 2. The Labute approximate surface area is 152 Å². The Kier molecular flexibility index (Phi) is 3.69. The Bertz CT molecular complexity index is 1300. The van der Waals surface area contributed by atoms with Crippen molar-refractivity contribution in [1.29, 1.82) is 10.5 Å². The average molecular weight is 357 g/mol. The summed E-state index contributed by atoms with van der Waals surface area (Å²) in [6, 6.07) is 18.6. The van der Waals surface area contributed by atoms with Gasteiger partial charge in [-0.05, 0) is 29.8 Å².